The van der Waals surface area contributed by atoms with Crippen LogP contribution in [-0.4, -0.2) is 0 Å². The van der Waals surface area contributed by atoms with Gasteiger partial charge in [0, 0.05) is 0 Å². The highest BCUT2D eigenvalue weighted by molar-refractivity contribution is 5.80. The molecule has 22 heavy (non-hydrogen) atoms. The maximum absolute atomic E-state index is 2.34. The smallest absolute Gasteiger partial charge is 0.00543 e. The maximum atomic E-state index is 2.34. The van der Waals surface area contributed by atoms with Gasteiger partial charge in [0.2, 0.25) is 0 Å². The van der Waals surface area contributed by atoms with E-state index in [1.54, 1.807) is 0 Å². The van der Waals surface area contributed by atoms with E-state index in [9.17, 15) is 0 Å². The normalized spacial score (nSPS) is 14.0. The molecule has 0 radical (unpaired) electrons. The minimum Gasteiger partial charge on any atom is -0.0683 e. The van der Waals surface area contributed by atoms with Crippen LogP contribution >= 0.6 is 0 Å². The van der Waals surface area contributed by atoms with Crippen LogP contribution in [0.1, 0.15) is 55.5 Å². The summed E-state index contributed by atoms with van der Waals surface area (Å²) in [5.74, 6) is 0. The summed E-state index contributed by atoms with van der Waals surface area (Å²) in [6.07, 6.45) is 3.43. The first-order chi connectivity index (χ1) is 10.3. The monoisotopic (exact) mass is 290 g/mol. The molecular weight excluding hydrogens is 264 g/mol. The van der Waals surface area contributed by atoms with Crippen molar-refractivity contribution in [2.24, 2.45) is 0 Å². The Balaban J connectivity index is 2.14. The summed E-state index contributed by atoms with van der Waals surface area (Å²) in [4.78, 5) is 0. The van der Waals surface area contributed by atoms with Gasteiger partial charge in [0.15, 0.2) is 0 Å². The third-order valence-electron chi connectivity index (χ3n) is 4.89. The molecule has 0 aliphatic heterocycles. The van der Waals surface area contributed by atoms with Crippen molar-refractivity contribution < 1.29 is 0 Å². The van der Waals surface area contributed by atoms with Crippen LogP contribution < -0.4 is 0 Å². The Kier molecular flexibility index (Phi) is 3.51. The fraction of sp³-hybridized carbons (Fsp3) is 0.364. The summed E-state index contributed by atoms with van der Waals surface area (Å²) in [7, 11) is 0. The number of benzene rings is 2. The molecule has 2 aromatic carbocycles. The highest BCUT2D eigenvalue weighted by Crippen LogP contribution is 2.38. The number of hydrogen-bond acceptors (Lipinski definition) is 0. The van der Waals surface area contributed by atoms with E-state index in [1.807, 2.05) is 0 Å². The second kappa shape index (κ2) is 5.12. The standard InChI is InChI=1S/C22H26/c1-14-11-18-13-15(2)16(3)21(20(18)12-14)17-7-9-19(10-8-17)22(4,5)6/h7-11,13H,12H2,1-6H3. The zero-order valence-corrected chi connectivity index (χ0v) is 14.7. The average Bonchev–Trinajstić information content (AvgIpc) is 2.79. The molecule has 0 heterocycles. The minimum atomic E-state index is 0.209. The molecule has 0 spiro atoms. The van der Waals surface area contributed by atoms with Gasteiger partial charge < -0.3 is 0 Å². The maximum Gasteiger partial charge on any atom is -0.00543 e. The van der Waals surface area contributed by atoms with Crippen molar-refractivity contribution in [3.63, 3.8) is 0 Å². The number of rotatable bonds is 1. The van der Waals surface area contributed by atoms with Crippen molar-refractivity contribution >= 4 is 6.08 Å². The molecule has 0 unspecified atom stereocenters. The van der Waals surface area contributed by atoms with E-state index in [0.29, 0.717) is 0 Å². The average molecular weight is 290 g/mol. The van der Waals surface area contributed by atoms with E-state index >= 15 is 0 Å². The summed E-state index contributed by atoms with van der Waals surface area (Å²) in [5.41, 5.74) is 11.6. The van der Waals surface area contributed by atoms with E-state index in [4.69, 9.17) is 0 Å². The summed E-state index contributed by atoms with van der Waals surface area (Å²) in [6.45, 7) is 13.5. The SMILES string of the molecule is CC1=Cc2cc(C)c(C)c(-c3ccc(C(C)(C)C)cc3)c2C1. The van der Waals surface area contributed by atoms with E-state index in [1.165, 1.54) is 44.5 Å². The molecule has 1 aliphatic carbocycles. The van der Waals surface area contributed by atoms with Gasteiger partial charge in [0.25, 0.3) is 0 Å². The second-order valence-electron chi connectivity index (χ2n) is 7.76. The quantitative estimate of drug-likeness (QED) is 0.584. The predicted molar refractivity (Wildman–Crippen MR) is 97.4 cm³/mol. The summed E-state index contributed by atoms with van der Waals surface area (Å²) in [5, 5.41) is 0. The fourth-order valence-electron chi connectivity index (χ4n) is 3.44. The first-order valence-corrected chi connectivity index (χ1v) is 8.18. The zero-order chi connectivity index (χ0) is 16.1. The van der Waals surface area contributed by atoms with Gasteiger partial charge in [-0.15, -0.1) is 0 Å². The predicted octanol–water partition coefficient (Wildman–Crippen LogP) is 6.23. The van der Waals surface area contributed by atoms with E-state index in [-0.39, 0.29) is 5.41 Å². The number of fused-ring (bicyclic) bond motifs is 1. The van der Waals surface area contributed by atoms with E-state index < -0.39 is 0 Å². The number of hydrogen-bond donors (Lipinski definition) is 0. The van der Waals surface area contributed by atoms with Crippen LogP contribution in [0.15, 0.2) is 35.9 Å². The summed E-state index contributed by atoms with van der Waals surface area (Å²) >= 11 is 0. The molecule has 2 aromatic rings. The molecule has 114 valence electrons. The Morgan fingerprint density at radius 3 is 2.14 bits per heavy atom. The van der Waals surface area contributed by atoms with Gasteiger partial charge in [-0.2, -0.15) is 0 Å². The van der Waals surface area contributed by atoms with Crippen molar-refractivity contribution in [1.82, 2.24) is 0 Å². The zero-order valence-electron chi connectivity index (χ0n) is 14.7. The summed E-state index contributed by atoms with van der Waals surface area (Å²) < 4.78 is 0. The largest absolute Gasteiger partial charge is 0.0683 e. The van der Waals surface area contributed by atoms with Crippen LogP contribution in [0.25, 0.3) is 17.2 Å². The van der Waals surface area contributed by atoms with E-state index in [0.717, 1.165) is 6.42 Å². The lowest BCUT2D eigenvalue weighted by Gasteiger charge is -2.20. The molecule has 0 aromatic heterocycles. The van der Waals surface area contributed by atoms with Crippen molar-refractivity contribution in [3.05, 3.63) is 63.7 Å². The van der Waals surface area contributed by atoms with Gasteiger partial charge in [0.05, 0.1) is 0 Å². The number of allylic oxidation sites excluding steroid dienone is 1. The van der Waals surface area contributed by atoms with E-state index in [2.05, 4.69) is 78.0 Å². The van der Waals surface area contributed by atoms with Gasteiger partial charge in [0.1, 0.15) is 0 Å². The molecule has 0 amide bonds. The van der Waals surface area contributed by atoms with Crippen molar-refractivity contribution in [2.75, 3.05) is 0 Å². The molecular formula is C22H26. The molecule has 0 heteroatoms. The fourth-order valence-corrected chi connectivity index (χ4v) is 3.44. The van der Waals surface area contributed by atoms with Crippen LogP contribution in [0.5, 0.6) is 0 Å². The first kappa shape index (κ1) is 15.1. The topological polar surface area (TPSA) is 0 Å². The van der Waals surface area contributed by atoms with Crippen LogP contribution in [0.2, 0.25) is 0 Å². The highest BCUT2D eigenvalue weighted by Gasteiger charge is 2.19. The Hall–Kier alpha value is -1.82. The molecule has 3 rings (SSSR count). The lowest BCUT2D eigenvalue weighted by Crippen LogP contribution is -2.10. The van der Waals surface area contributed by atoms with Crippen LogP contribution in [0.4, 0.5) is 0 Å². The van der Waals surface area contributed by atoms with Gasteiger partial charge in [-0.3, -0.25) is 0 Å². The first-order valence-electron chi connectivity index (χ1n) is 8.18. The van der Waals surface area contributed by atoms with Crippen LogP contribution in [0.3, 0.4) is 0 Å². The van der Waals surface area contributed by atoms with Gasteiger partial charge in [-0.05, 0) is 71.6 Å². The molecule has 0 bridgehead atoms. The summed E-state index contributed by atoms with van der Waals surface area (Å²) in [6, 6.07) is 11.5. The third kappa shape index (κ3) is 2.52. The van der Waals surface area contributed by atoms with Crippen molar-refractivity contribution in [3.8, 4) is 11.1 Å². The van der Waals surface area contributed by atoms with Gasteiger partial charge >= 0.3 is 0 Å². The molecule has 0 atom stereocenters. The van der Waals surface area contributed by atoms with Crippen molar-refractivity contribution in [1.29, 1.82) is 0 Å². The minimum absolute atomic E-state index is 0.209. The van der Waals surface area contributed by atoms with Crippen molar-refractivity contribution in [2.45, 2.75) is 53.4 Å². The lowest BCUT2D eigenvalue weighted by molar-refractivity contribution is 0.590. The second-order valence-corrected chi connectivity index (χ2v) is 7.76. The molecule has 0 saturated carbocycles. The van der Waals surface area contributed by atoms with Crippen LogP contribution in [0, 0.1) is 13.8 Å². The third-order valence-corrected chi connectivity index (χ3v) is 4.89. The molecule has 0 saturated heterocycles. The molecule has 0 fully saturated rings. The molecule has 1 aliphatic rings. The van der Waals surface area contributed by atoms with Gasteiger partial charge in [-0.1, -0.05) is 62.8 Å². The molecule has 0 nitrogen and oxygen atoms in total. The Labute approximate surface area is 134 Å². The Morgan fingerprint density at radius 1 is 0.909 bits per heavy atom. The van der Waals surface area contributed by atoms with Crippen LogP contribution in [-0.2, 0) is 11.8 Å². The molecule has 0 N–H and O–H groups in total. The van der Waals surface area contributed by atoms with Gasteiger partial charge in [-0.25, -0.2) is 0 Å². The highest BCUT2D eigenvalue weighted by atomic mass is 14.2. The lowest BCUT2D eigenvalue weighted by atomic mass is 9.84. The Morgan fingerprint density at radius 2 is 1.55 bits per heavy atom. The number of aryl methyl sites for hydroxylation is 1. The Bertz CT molecular complexity index is 750.